The zero-order valence-corrected chi connectivity index (χ0v) is 13.6. The fraction of sp³-hybridized carbons (Fsp3) is 0.938. The van der Waals surface area contributed by atoms with Crippen LogP contribution in [-0.4, -0.2) is 45.9 Å². The molecule has 0 aromatic heterocycles. The Morgan fingerprint density at radius 2 is 1.86 bits per heavy atom. The lowest BCUT2D eigenvalue weighted by Gasteiger charge is -2.34. The molecule has 0 saturated carbocycles. The molecule has 2 atom stereocenters. The number of hydrogen-bond donors (Lipinski definition) is 3. The summed E-state index contributed by atoms with van der Waals surface area (Å²) in [5, 5.41) is 19.1. The minimum atomic E-state index is -1.52. The number of unbranched alkanes of at least 4 members (excludes halogenated alkanes) is 6. The standard InChI is InChI=1S/C16H32N2O3/c1-3-4-5-6-7-8-9-12-18-13-10-11-14(18)16(2,20)15(19)17-21/h14,20-21H,3-13H2,1-2H3,(H,17,19). The first-order valence-corrected chi connectivity index (χ1v) is 8.45. The van der Waals surface area contributed by atoms with E-state index in [0.717, 1.165) is 32.4 Å². The molecule has 2 unspecified atom stereocenters. The van der Waals surface area contributed by atoms with Crippen LogP contribution in [-0.2, 0) is 4.79 Å². The third-order valence-corrected chi connectivity index (χ3v) is 4.62. The van der Waals surface area contributed by atoms with Gasteiger partial charge in [-0.2, -0.15) is 0 Å². The van der Waals surface area contributed by atoms with Gasteiger partial charge in [0.05, 0.1) is 0 Å². The Hall–Kier alpha value is -0.650. The monoisotopic (exact) mass is 300 g/mol. The smallest absolute Gasteiger partial charge is 0.276 e. The van der Waals surface area contributed by atoms with Crippen LogP contribution in [0.1, 0.15) is 71.6 Å². The van der Waals surface area contributed by atoms with Crippen LogP contribution in [0.5, 0.6) is 0 Å². The third kappa shape index (κ3) is 5.57. The zero-order valence-electron chi connectivity index (χ0n) is 13.6. The molecule has 1 heterocycles. The molecule has 0 aromatic carbocycles. The van der Waals surface area contributed by atoms with Crippen molar-refractivity contribution in [2.45, 2.75) is 83.3 Å². The molecule has 1 saturated heterocycles. The first kappa shape index (κ1) is 18.4. The highest BCUT2D eigenvalue weighted by molar-refractivity contribution is 5.84. The van der Waals surface area contributed by atoms with E-state index in [9.17, 15) is 9.90 Å². The van der Waals surface area contributed by atoms with Gasteiger partial charge in [-0.15, -0.1) is 0 Å². The van der Waals surface area contributed by atoms with Crippen LogP contribution in [0.2, 0.25) is 0 Å². The van der Waals surface area contributed by atoms with Gasteiger partial charge in [0.15, 0.2) is 5.60 Å². The summed E-state index contributed by atoms with van der Waals surface area (Å²) in [6, 6.07) is -0.190. The number of carbonyl (C=O) groups excluding carboxylic acids is 1. The fourth-order valence-corrected chi connectivity index (χ4v) is 3.27. The fourth-order valence-electron chi connectivity index (χ4n) is 3.27. The minimum absolute atomic E-state index is 0.190. The second-order valence-electron chi connectivity index (χ2n) is 6.40. The molecule has 1 fully saturated rings. The van der Waals surface area contributed by atoms with Crippen LogP contribution in [0.15, 0.2) is 0 Å². The van der Waals surface area contributed by atoms with E-state index in [4.69, 9.17) is 5.21 Å². The van der Waals surface area contributed by atoms with Crippen molar-refractivity contribution in [1.29, 1.82) is 0 Å². The summed E-state index contributed by atoms with van der Waals surface area (Å²) in [7, 11) is 0. The zero-order chi connectivity index (χ0) is 15.7. The van der Waals surface area contributed by atoms with E-state index in [1.807, 2.05) is 0 Å². The summed E-state index contributed by atoms with van der Waals surface area (Å²) in [5.74, 6) is -0.709. The molecule has 3 N–H and O–H groups in total. The Bertz CT molecular complexity index is 308. The number of hydroxylamine groups is 1. The molecule has 0 bridgehead atoms. The van der Waals surface area contributed by atoms with Gasteiger partial charge in [-0.05, 0) is 39.3 Å². The van der Waals surface area contributed by atoms with E-state index >= 15 is 0 Å². The number of likely N-dealkylation sites (tertiary alicyclic amines) is 1. The molecular formula is C16H32N2O3. The highest BCUT2D eigenvalue weighted by Crippen LogP contribution is 2.27. The molecule has 0 aliphatic carbocycles. The second kappa shape index (κ2) is 9.38. The van der Waals surface area contributed by atoms with Crippen molar-refractivity contribution in [3.8, 4) is 0 Å². The Morgan fingerprint density at radius 1 is 1.24 bits per heavy atom. The number of amides is 1. The molecule has 21 heavy (non-hydrogen) atoms. The summed E-state index contributed by atoms with van der Waals surface area (Å²) in [4.78, 5) is 13.8. The molecule has 1 aliphatic rings. The van der Waals surface area contributed by atoms with E-state index in [1.165, 1.54) is 45.4 Å². The predicted molar refractivity (Wildman–Crippen MR) is 83.1 cm³/mol. The number of nitrogens with one attached hydrogen (secondary N) is 1. The van der Waals surface area contributed by atoms with Gasteiger partial charge in [-0.25, -0.2) is 5.48 Å². The van der Waals surface area contributed by atoms with E-state index in [-0.39, 0.29) is 6.04 Å². The van der Waals surface area contributed by atoms with Gasteiger partial charge in [-0.3, -0.25) is 14.9 Å². The number of carbonyl (C=O) groups is 1. The van der Waals surface area contributed by atoms with E-state index in [0.29, 0.717) is 0 Å². The van der Waals surface area contributed by atoms with Crippen molar-refractivity contribution in [3.63, 3.8) is 0 Å². The maximum atomic E-state index is 11.6. The lowest BCUT2D eigenvalue weighted by molar-refractivity contribution is -0.153. The lowest BCUT2D eigenvalue weighted by Crippen LogP contribution is -2.56. The summed E-state index contributed by atoms with van der Waals surface area (Å²) in [5.41, 5.74) is 0.0616. The molecular weight excluding hydrogens is 268 g/mol. The molecule has 1 rings (SSSR count). The van der Waals surface area contributed by atoms with Gasteiger partial charge < -0.3 is 5.11 Å². The van der Waals surface area contributed by atoms with Gasteiger partial charge in [-0.1, -0.05) is 45.4 Å². The van der Waals surface area contributed by atoms with Crippen molar-refractivity contribution in [1.82, 2.24) is 10.4 Å². The van der Waals surface area contributed by atoms with Gasteiger partial charge in [0.25, 0.3) is 5.91 Å². The number of hydrogen-bond acceptors (Lipinski definition) is 4. The quantitative estimate of drug-likeness (QED) is 0.329. The van der Waals surface area contributed by atoms with Crippen LogP contribution < -0.4 is 5.48 Å². The Kier molecular flexibility index (Phi) is 8.22. The van der Waals surface area contributed by atoms with Crippen LogP contribution in [0.3, 0.4) is 0 Å². The number of aliphatic hydroxyl groups is 1. The van der Waals surface area contributed by atoms with Gasteiger partial charge in [0.1, 0.15) is 0 Å². The maximum Gasteiger partial charge on any atom is 0.276 e. The van der Waals surface area contributed by atoms with E-state index in [1.54, 1.807) is 5.48 Å². The largest absolute Gasteiger partial charge is 0.379 e. The Morgan fingerprint density at radius 3 is 2.48 bits per heavy atom. The molecule has 0 radical (unpaired) electrons. The van der Waals surface area contributed by atoms with Gasteiger partial charge >= 0.3 is 0 Å². The molecule has 124 valence electrons. The maximum absolute atomic E-state index is 11.6. The molecule has 0 aromatic rings. The van der Waals surface area contributed by atoms with Crippen LogP contribution in [0, 0.1) is 0 Å². The molecule has 5 heteroatoms. The molecule has 1 amide bonds. The summed E-state index contributed by atoms with van der Waals surface area (Å²) >= 11 is 0. The van der Waals surface area contributed by atoms with E-state index in [2.05, 4.69) is 11.8 Å². The minimum Gasteiger partial charge on any atom is -0.379 e. The Balaban J connectivity index is 2.29. The average Bonchev–Trinajstić information content (AvgIpc) is 2.94. The Labute approximate surface area is 128 Å². The topological polar surface area (TPSA) is 72.8 Å². The molecule has 1 aliphatic heterocycles. The highest BCUT2D eigenvalue weighted by Gasteiger charge is 2.44. The van der Waals surface area contributed by atoms with Gasteiger partial charge in [0.2, 0.25) is 0 Å². The van der Waals surface area contributed by atoms with Gasteiger partial charge in [0, 0.05) is 6.04 Å². The van der Waals surface area contributed by atoms with Crippen molar-refractivity contribution >= 4 is 5.91 Å². The van der Waals surface area contributed by atoms with Crippen molar-refractivity contribution in [2.24, 2.45) is 0 Å². The summed E-state index contributed by atoms with van der Waals surface area (Å²) in [6.45, 7) is 5.57. The summed E-state index contributed by atoms with van der Waals surface area (Å²) in [6.07, 6.45) is 10.6. The predicted octanol–water partition coefficient (Wildman–Crippen LogP) is 2.46. The molecule has 5 nitrogen and oxygen atoms in total. The average molecular weight is 300 g/mol. The van der Waals surface area contributed by atoms with Crippen LogP contribution >= 0.6 is 0 Å². The first-order chi connectivity index (χ1) is 10.0. The number of rotatable bonds is 10. The van der Waals surface area contributed by atoms with Crippen molar-refractivity contribution < 1.29 is 15.1 Å². The van der Waals surface area contributed by atoms with Crippen LogP contribution in [0.4, 0.5) is 0 Å². The lowest BCUT2D eigenvalue weighted by atomic mass is 9.93. The summed E-state index contributed by atoms with van der Waals surface area (Å²) < 4.78 is 0. The highest BCUT2D eigenvalue weighted by atomic mass is 16.5. The third-order valence-electron chi connectivity index (χ3n) is 4.62. The van der Waals surface area contributed by atoms with Crippen LogP contribution in [0.25, 0.3) is 0 Å². The molecule has 0 spiro atoms. The van der Waals surface area contributed by atoms with E-state index < -0.39 is 11.5 Å². The number of nitrogens with zero attached hydrogens (tertiary/aromatic N) is 1. The normalized spacial score (nSPS) is 22.2. The SMILES string of the molecule is CCCCCCCCCN1CCCC1C(C)(O)C(=O)NO. The first-order valence-electron chi connectivity index (χ1n) is 8.45. The van der Waals surface area contributed by atoms with Crippen molar-refractivity contribution in [2.75, 3.05) is 13.1 Å². The second-order valence-corrected chi connectivity index (χ2v) is 6.40. The van der Waals surface area contributed by atoms with Crippen molar-refractivity contribution in [3.05, 3.63) is 0 Å².